The predicted molar refractivity (Wildman–Crippen MR) is 107 cm³/mol. The minimum absolute atomic E-state index is 0.0235. The average Bonchev–Trinajstić information content (AvgIpc) is 3.31. The van der Waals surface area contributed by atoms with Gasteiger partial charge < -0.3 is 19.1 Å². The second kappa shape index (κ2) is 8.14. The van der Waals surface area contributed by atoms with Crippen molar-refractivity contribution < 1.29 is 9.90 Å². The summed E-state index contributed by atoms with van der Waals surface area (Å²) in [6.07, 6.45) is 7.48. The van der Waals surface area contributed by atoms with Crippen LogP contribution in [0.3, 0.4) is 0 Å². The van der Waals surface area contributed by atoms with Crippen LogP contribution >= 0.6 is 0 Å². The number of aryl methyl sites for hydroxylation is 2. The smallest absolute Gasteiger partial charge is 0.224 e. The number of likely N-dealkylation sites (tertiary alicyclic amines) is 1. The van der Waals surface area contributed by atoms with Gasteiger partial charge in [-0.25, -0.2) is 9.97 Å². The molecule has 0 bridgehead atoms. The number of aliphatic hydroxyl groups is 1. The number of rotatable bonds is 5. The predicted octanol–water partition coefficient (Wildman–Crippen LogP) is 2.41. The number of carbonyl (C=O) groups is 1. The maximum atomic E-state index is 12.9. The van der Waals surface area contributed by atoms with Gasteiger partial charge in [0.2, 0.25) is 5.91 Å². The van der Waals surface area contributed by atoms with E-state index in [1.54, 1.807) is 12.5 Å². The monoisotopic (exact) mass is 381 g/mol. The number of hydrogen-bond acceptors (Lipinski definition) is 4. The fraction of sp³-hybridized carbons (Fsp3) is 0.476. The molecule has 7 heteroatoms. The molecule has 3 heterocycles. The Bertz CT molecular complexity index is 934. The molecule has 1 fully saturated rings. The molecule has 1 amide bonds. The molecular formula is C21H27N5O2. The minimum Gasteiger partial charge on any atom is -0.391 e. The van der Waals surface area contributed by atoms with Gasteiger partial charge in [-0.1, -0.05) is 19.1 Å². The van der Waals surface area contributed by atoms with Crippen molar-refractivity contribution in [1.29, 1.82) is 0 Å². The number of benzene rings is 1. The number of fused-ring (bicyclic) bond motifs is 1. The number of hydrogen-bond donors (Lipinski definition) is 1. The molecule has 4 rings (SSSR count). The summed E-state index contributed by atoms with van der Waals surface area (Å²) >= 11 is 0. The summed E-state index contributed by atoms with van der Waals surface area (Å²) in [5.74, 6) is 1.15. The fourth-order valence-electron chi connectivity index (χ4n) is 4.15. The van der Waals surface area contributed by atoms with E-state index in [9.17, 15) is 9.90 Å². The van der Waals surface area contributed by atoms with Gasteiger partial charge in [0.15, 0.2) is 0 Å². The molecule has 1 saturated heterocycles. The van der Waals surface area contributed by atoms with Gasteiger partial charge in [-0.15, -0.1) is 0 Å². The number of para-hydroxylation sites is 2. The number of aliphatic hydroxyl groups excluding tert-OH is 1. The molecule has 0 unspecified atom stereocenters. The molecule has 1 aromatic carbocycles. The SMILES string of the molecule is CCc1nc2ccccc2n1CCC(=O)N1CC[C@H](O)[C@@H](n2ccnc2)CC1. The highest BCUT2D eigenvalue weighted by molar-refractivity contribution is 5.78. The van der Waals surface area contributed by atoms with Crippen LogP contribution in [0.15, 0.2) is 43.0 Å². The number of imidazole rings is 2. The first kappa shape index (κ1) is 18.7. The number of nitrogens with zero attached hydrogens (tertiary/aromatic N) is 5. The molecule has 1 aliphatic rings. The second-order valence-electron chi connectivity index (χ2n) is 7.37. The quantitative estimate of drug-likeness (QED) is 0.736. The van der Waals surface area contributed by atoms with Gasteiger partial charge in [-0.3, -0.25) is 4.79 Å². The maximum absolute atomic E-state index is 12.9. The first-order chi connectivity index (χ1) is 13.7. The molecule has 0 saturated carbocycles. The Labute approximate surface area is 164 Å². The summed E-state index contributed by atoms with van der Waals surface area (Å²) in [6.45, 7) is 3.97. The van der Waals surface area contributed by atoms with Crippen LogP contribution in [0.2, 0.25) is 0 Å². The number of aromatic nitrogens is 4. The van der Waals surface area contributed by atoms with Crippen molar-refractivity contribution >= 4 is 16.9 Å². The molecule has 0 aliphatic carbocycles. The molecule has 28 heavy (non-hydrogen) atoms. The molecule has 2 aromatic heterocycles. The Morgan fingerprint density at radius 3 is 2.86 bits per heavy atom. The lowest BCUT2D eigenvalue weighted by atomic mass is 10.1. The molecular weight excluding hydrogens is 354 g/mol. The second-order valence-corrected chi connectivity index (χ2v) is 7.37. The largest absolute Gasteiger partial charge is 0.391 e. The van der Waals surface area contributed by atoms with Crippen LogP contribution in [-0.2, 0) is 17.8 Å². The van der Waals surface area contributed by atoms with Gasteiger partial charge in [0, 0.05) is 44.9 Å². The summed E-state index contributed by atoms with van der Waals surface area (Å²) in [5.41, 5.74) is 2.06. The summed E-state index contributed by atoms with van der Waals surface area (Å²) in [5, 5.41) is 10.5. The third-order valence-electron chi connectivity index (χ3n) is 5.69. The Kier molecular flexibility index (Phi) is 5.43. The van der Waals surface area contributed by atoms with E-state index in [0.717, 1.165) is 29.7 Å². The number of amides is 1. The highest BCUT2D eigenvalue weighted by atomic mass is 16.3. The highest BCUT2D eigenvalue weighted by Crippen LogP contribution is 2.24. The Balaban J connectivity index is 1.42. The molecule has 0 radical (unpaired) electrons. The van der Waals surface area contributed by atoms with E-state index in [1.807, 2.05) is 33.9 Å². The maximum Gasteiger partial charge on any atom is 0.224 e. The van der Waals surface area contributed by atoms with Crippen molar-refractivity contribution in [2.45, 2.75) is 51.3 Å². The lowest BCUT2D eigenvalue weighted by Gasteiger charge is -2.21. The molecule has 3 aromatic rings. The van der Waals surface area contributed by atoms with E-state index < -0.39 is 6.10 Å². The van der Waals surface area contributed by atoms with Crippen LogP contribution in [0.4, 0.5) is 0 Å². The Morgan fingerprint density at radius 2 is 2.07 bits per heavy atom. The Morgan fingerprint density at radius 1 is 1.25 bits per heavy atom. The summed E-state index contributed by atoms with van der Waals surface area (Å²) in [6, 6.07) is 8.05. The highest BCUT2D eigenvalue weighted by Gasteiger charge is 2.27. The lowest BCUT2D eigenvalue weighted by Crippen LogP contribution is -2.32. The van der Waals surface area contributed by atoms with Crippen molar-refractivity contribution in [1.82, 2.24) is 24.0 Å². The van der Waals surface area contributed by atoms with Crippen molar-refractivity contribution in [3.63, 3.8) is 0 Å². The zero-order valence-electron chi connectivity index (χ0n) is 16.2. The van der Waals surface area contributed by atoms with E-state index >= 15 is 0 Å². The van der Waals surface area contributed by atoms with Gasteiger partial charge in [0.25, 0.3) is 0 Å². The van der Waals surface area contributed by atoms with Gasteiger partial charge in [-0.2, -0.15) is 0 Å². The van der Waals surface area contributed by atoms with E-state index in [0.29, 0.717) is 32.5 Å². The van der Waals surface area contributed by atoms with E-state index in [2.05, 4.69) is 27.5 Å². The zero-order valence-corrected chi connectivity index (χ0v) is 16.2. The van der Waals surface area contributed by atoms with Gasteiger partial charge in [0.05, 0.1) is 29.5 Å². The molecule has 2 atom stereocenters. The van der Waals surface area contributed by atoms with E-state index in [1.165, 1.54) is 0 Å². The zero-order chi connectivity index (χ0) is 19.5. The minimum atomic E-state index is -0.462. The van der Waals surface area contributed by atoms with E-state index in [4.69, 9.17) is 0 Å². The van der Waals surface area contributed by atoms with Crippen LogP contribution in [0.25, 0.3) is 11.0 Å². The fourth-order valence-corrected chi connectivity index (χ4v) is 4.15. The van der Waals surface area contributed by atoms with Crippen molar-refractivity contribution in [2.24, 2.45) is 0 Å². The normalized spacial score (nSPS) is 20.4. The van der Waals surface area contributed by atoms with Crippen molar-refractivity contribution in [3.05, 3.63) is 48.8 Å². The van der Waals surface area contributed by atoms with Crippen LogP contribution in [0.1, 0.15) is 38.1 Å². The van der Waals surface area contributed by atoms with Crippen LogP contribution in [0, 0.1) is 0 Å². The van der Waals surface area contributed by atoms with Crippen molar-refractivity contribution in [2.75, 3.05) is 13.1 Å². The summed E-state index contributed by atoms with van der Waals surface area (Å²) in [4.78, 5) is 23.5. The molecule has 0 spiro atoms. The first-order valence-electron chi connectivity index (χ1n) is 10.0. The molecule has 148 valence electrons. The number of carbonyl (C=O) groups excluding carboxylic acids is 1. The lowest BCUT2D eigenvalue weighted by molar-refractivity contribution is -0.131. The molecule has 1 aliphatic heterocycles. The molecule has 7 nitrogen and oxygen atoms in total. The first-order valence-corrected chi connectivity index (χ1v) is 10.0. The summed E-state index contributed by atoms with van der Waals surface area (Å²) in [7, 11) is 0. The topological polar surface area (TPSA) is 76.2 Å². The van der Waals surface area contributed by atoms with Gasteiger partial charge >= 0.3 is 0 Å². The third kappa shape index (κ3) is 3.67. The third-order valence-corrected chi connectivity index (χ3v) is 5.69. The standard InChI is InChI=1S/C21H27N5O2/c1-2-20-23-16-5-3-4-6-17(16)26(20)13-9-21(28)24-11-7-18(19(27)8-12-24)25-14-10-22-15-25/h3-6,10,14-15,18-19,27H,2,7-9,11-13H2,1H3/t18-,19-/m0/s1. The molecule has 1 N–H and O–H groups in total. The average molecular weight is 381 g/mol. The van der Waals surface area contributed by atoms with Crippen LogP contribution < -0.4 is 0 Å². The van der Waals surface area contributed by atoms with Gasteiger partial charge in [-0.05, 0) is 25.0 Å². The Hall–Kier alpha value is -2.67. The van der Waals surface area contributed by atoms with E-state index in [-0.39, 0.29) is 11.9 Å². The van der Waals surface area contributed by atoms with Crippen molar-refractivity contribution in [3.8, 4) is 0 Å². The van der Waals surface area contributed by atoms with Crippen LogP contribution in [0.5, 0.6) is 0 Å². The van der Waals surface area contributed by atoms with Gasteiger partial charge in [0.1, 0.15) is 5.82 Å². The summed E-state index contributed by atoms with van der Waals surface area (Å²) < 4.78 is 4.11. The van der Waals surface area contributed by atoms with Crippen LogP contribution in [-0.4, -0.2) is 54.2 Å².